The lowest BCUT2D eigenvalue weighted by Gasteiger charge is -2.12. The van der Waals surface area contributed by atoms with Gasteiger partial charge in [-0.3, -0.25) is 10.1 Å². The smallest absolute Gasteiger partial charge is 0.293 e. The lowest BCUT2D eigenvalue weighted by Crippen LogP contribution is -2.27. The summed E-state index contributed by atoms with van der Waals surface area (Å²) in [6.45, 7) is 0.980. The highest BCUT2D eigenvalue weighted by molar-refractivity contribution is 7.89. The summed E-state index contributed by atoms with van der Waals surface area (Å²) in [5.74, 6) is -0.573. The van der Waals surface area contributed by atoms with Gasteiger partial charge in [-0.25, -0.2) is 13.4 Å². The van der Waals surface area contributed by atoms with Crippen LogP contribution in [0, 0.1) is 0 Å². The van der Waals surface area contributed by atoms with E-state index >= 15 is 0 Å². The number of amides is 1. The molecule has 3 rings (SSSR count). The summed E-state index contributed by atoms with van der Waals surface area (Å²) in [5, 5.41) is 4.49. The number of hydrogen-bond donors (Lipinski definition) is 1. The van der Waals surface area contributed by atoms with E-state index < -0.39 is 15.9 Å². The zero-order valence-electron chi connectivity index (χ0n) is 11.0. The van der Waals surface area contributed by atoms with Crippen LogP contribution in [-0.2, 0) is 10.0 Å². The summed E-state index contributed by atoms with van der Waals surface area (Å²) in [5.41, 5.74) is 0. The van der Waals surface area contributed by atoms with Crippen molar-refractivity contribution < 1.29 is 17.6 Å². The van der Waals surface area contributed by atoms with Gasteiger partial charge in [-0.2, -0.15) is 4.31 Å². The SMILES string of the molecule is O=C(Nc1nccs1)c1ccc(S(=O)(=O)N2CCCC2)o1. The van der Waals surface area contributed by atoms with Crippen LogP contribution in [0.5, 0.6) is 0 Å². The van der Waals surface area contributed by atoms with Crippen LogP contribution < -0.4 is 5.32 Å². The van der Waals surface area contributed by atoms with E-state index in [0.717, 1.165) is 12.8 Å². The van der Waals surface area contributed by atoms with Gasteiger partial charge < -0.3 is 4.42 Å². The maximum atomic E-state index is 12.3. The normalized spacial score (nSPS) is 16.2. The zero-order valence-corrected chi connectivity index (χ0v) is 12.6. The van der Waals surface area contributed by atoms with Crippen LogP contribution >= 0.6 is 11.3 Å². The second-order valence-corrected chi connectivity index (χ2v) is 7.28. The molecule has 112 valence electrons. The number of sulfonamides is 1. The summed E-state index contributed by atoms with van der Waals surface area (Å²) in [6.07, 6.45) is 3.25. The number of anilines is 1. The van der Waals surface area contributed by atoms with Gasteiger partial charge in [0.1, 0.15) is 0 Å². The van der Waals surface area contributed by atoms with Crippen molar-refractivity contribution in [1.82, 2.24) is 9.29 Å². The molecule has 0 saturated carbocycles. The molecule has 0 spiro atoms. The van der Waals surface area contributed by atoms with Gasteiger partial charge in [0.25, 0.3) is 15.9 Å². The first-order valence-corrected chi connectivity index (χ1v) is 8.70. The van der Waals surface area contributed by atoms with Gasteiger partial charge in [0, 0.05) is 24.7 Å². The summed E-state index contributed by atoms with van der Waals surface area (Å²) in [6, 6.07) is 2.66. The number of rotatable bonds is 4. The van der Waals surface area contributed by atoms with Crippen molar-refractivity contribution in [1.29, 1.82) is 0 Å². The Bertz CT molecular complexity index is 730. The predicted molar refractivity (Wildman–Crippen MR) is 76.8 cm³/mol. The van der Waals surface area contributed by atoms with E-state index in [4.69, 9.17) is 4.42 Å². The predicted octanol–water partition coefficient (Wildman–Crippen LogP) is 1.77. The second-order valence-electron chi connectivity index (χ2n) is 4.52. The Hall–Kier alpha value is -1.71. The lowest BCUT2D eigenvalue weighted by molar-refractivity contribution is 0.0991. The molecule has 7 nitrogen and oxygen atoms in total. The van der Waals surface area contributed by atoms with E-state index in [1.807, 2.05) is 0 Å². The molecule has 2 aromatic heterocycles. The average molecular weight is 327 g/mol. The Balaban J connectivity index is 1.78. The molecule has 1 N–H and O–H groups in total. The molecule has 9 heteroatoms. The van der Waals surface area contributed by atoms with Crippen molar-refractivity contribution in [3.8, 4) is 0 Å². The van der Waals surface area contributed by atoms with E-state index in [-0.39, 0.29) is 10.9 Å². The van der Waals surface area contributed by atoms with Crippen molar-refractivity contribution in [2.75, 3.05) is 18.4 Å². The van der Waals surface area contributed by atoms with Gasteiger partial charge in [-0.05, 0) is 25.0 Å². The van der Waals surface area contributed by atoms with Crippen LogP contribution in [-0.4, -0.2) is 36.7 Å². The fourth-order valence-corrected chi connectivity index (χ4v) is 4.03. The van der Waals surface area contributed by atoms with Gasteiger partial charge >= 0.3 is 0 Å². The van der Waals surface area contributed by atoms with Crippen molar-refractivity contribution in [3.05, 3.63) is 29.5 Å². The van der Waals surface area contributed by atoms with E-state index in [1.165, 1.54) is 27.8 Å². The first-order chi connectivity index (χ1) is 10.1. The third-order valence-electron chi connectivity index (χ3n) is 3.12. The third-order valence-corrected chi connectivity index (χ3v) is 5.58. The molecule has 1 fully saturated rings. The van der Waals surface area contributed by atoms with Crippen LogP contribution in [0.1, 0.15) is 23.4 Å². The number of furan rings is 1. The van der Waals surface area contributed by atoms with Crippen LogP contribution in [0.4, 0.5) is 5.13 Å². The van der Waals surface area contributed by atoms with Crippen LogP contribution in [0.3, 0.4) is 0 Å². The minimum absolute atomic E-state index is 0.0528. The van der Waals surface area contributed by atoms with Crippen molar-refractivity contribution >= 4 is 32.4 Å². The summed E-state index contributed by atoms with van der Waals surface area (Å²) in [4.78, 5) is 15.8. The Morgan fingerprint density at radius 1 is 1.33 bits per heavy atom. The summed E-state index contributed by atoms with van der Waals surface area (Å²) >= 11 is 1.27. The van der Waals surface area contributed by atoms with E-state index in [2.05, 4.69) is 10.3 Å². The van der Waals surface area contributed by atoms with Gasteiger partial charge in [-0.15, -0.1) is 11.3 Å². The lowest BCUT2D eigenvalue weighted by atomic mass is 10.4. The van der Waals surface area contributed by atoms with Gasteiger partial charge in [-0.1, -0.05) is 0 Å². The molecule has 0 aromatic carbocycles. The highest BCUT2D eigenvalue weighted by atomic mass is 32.2. The fourth-order valence-electron chi connectivity index (χ4n) is 2.08. The molecule has 2 aromatic rings. The molecule has 0 bridgehead atoms. The maximum Gasteiger partial charge on any atom is 0.293 e. The zero-order chi connectivity index (χ0) is 14.9. The molecule has 3 heterocycles. The number of nitrogens with one attached hydrogen (secondary N) is 1. The fraction of sp³-hybridized carbons (Fsp3) is 0.333. The largest absolute Gasteiger partial charge is 0.438 e. The number of carbonyl (C=O) groups is 1. The molecule has 1 aliphatic heterocycles. The second kappa shape index (κ2) is 5.58. The molecular formula is C12H13N3O4S2. The molecule has 1 aliphatic rings. The average Bonchev–Trinajstić information content (AvgIpc) is 3.20. The highest BCUT2D eigenvalue weighted by Crippen LogP contribution is 2.23. The summed E-state index contributed by atoms with van der Waals surface area (Å²) in [7, 11) is -3.64. The maximum absolute atomic E-state index is 12.3. The Labute approximate surface area is 125 Å². The topological polar surface area (TPSA) is 92.5 Å². The van der Waals surface area contributed by atoms with Gasteiger partial charge in [0.2, 0.25) is 5.09 Å². The summed E-state index contributed by atoms with van der Waals surface area (Å²) < 4.78 is 31.1. The van der Waals surface area contributed by atoms with E-state index in [0.29, 0.717) is 18.2 Å². The standard InChI is InChI=1S/C12H13N3O4S2/c16-11(14-12-13-5-8-20-12)9-3-4-10(19-9)21(17,18)15-6-1-2-7-15/h3-5,8H,1-2,6-7H2,(H,13,14,16). The number of aromatic nitrogens is 1. The van der Waals surface area contributed by atoms with Crippen molar-refractivity contribution in [3.63, 3.8) is 0 Å². The van der Waals surface area contributed by atoms with Crippen LogP contribution in [0.25, 0.3) is 0 Å². The molecule has 1 saturated heterocycles. The Morgan fingerprint density at radius 3 is 2.76 bits per heavy atom. The first-order valence-electron chi connectivity index (χ1n) is 6.38. The Morgan fingerprint density at radius 2 is 2.10 bits per heavy atom. The molecule has 21 heavy (non-hydrogen) atoms. The Kier molecular flexibility index (Phi) is 3.79. The quantitative estimate of drug-likeness (QED) is 0.924. The molecular weight excluding hydrogens is 314 g/mol. The van der Waals surface area contributed by atoms with Crippen molar-refractivity contribution in [2.45, 2.75) is 17.9 Å². The molecule has 0 unspecified atom stereocenters. The molecule has 0 atom stereocenters. The molecule has 1 amide bonds. The molecule has 0 aliphatic carbocycles. The number of nitrogens with zero attached hydrogens (tertiary/aromatic N) is 2. The van der Waals surface area contributed by atoms with Crippen LogP contribution in [0.15, 0.2) is 33.2 Å². The van der Waals surface area contributed by atoms with E-state index in [9.17, 15) is 13.2 Å². The number of carbonyl (C=O) groups excluding carboxylic acids is 1. The minimum Gasteiger partial charge on any atom is -0.438 e. The molecule has 0 radical (unpaired) electrons. The number of hydrogen-bond acceptors (Lipinski definition) is 6. The van der Waals surface area contributed by atoms with Gasteiger partial charge in [0.15, 0.2) is 10.9 Å². The van der Waals surface area contributed by atoms with E-state index in [1.54, 1.807) is 11.6 Å². The first kappa shape index (κ1) is 14.2. The monoisotopic (exact) mass is 327 g/mol. The van der Waals surface area contributed by atoms with Gasteiger partial charge in [0.05, 0.1) is 0 Å². The van der Waals surface area contributed by atoms with Crippen LogP contribution in [0.2, 0.25) is 0 Å². The number of thiazole rings is 1. The highest BCUT2D eigenvalue weighted by Gasteiger charge is 2.30. The third kappa shape index (κ3) is 2.85. The minimum atomic E-state index is -3.64. The van der Waals surface area contributed by atoms with Crippen molar-refractivity contribution in [2.24, 2.45) is 0 Å².